The Bertz CT molecular complexity index is 1560. The standard InChI is InChI=1S/C45H69NO5/c1-40(2,3)33(30-17-19-37(47)35(25-30)42(7,8)9)21-23-50-32-28-44(13,14)46(45(15,16)29-32)22-24-51-39(49)27-34(41(4,5)6)31-18-20-38(48)36(26-31)43(10,11)12/h17-20,25-26,32-34,47-48H,22,24,27-29H2,1-16H3. The fourth-order valence-corrected chi connectivity index (χ4v) is 8.00. The van der Waals surface area contributed by atoms with Crippen molar-refractivity contribution < 1.29 is 24.5 Å². The molecule has 6 nitrogen and oxygen atoms in total. The first-order valence-electron chi connectivity index (χ1n) is 18.8. The first kappa shape index (κ1) is 42.2. The van der Waals surface area contributed by atoms with E-state index in [0.29, 0.717) is 18.9 Å². The van der Waals surface area contributed by atoms with Crippen LogP contribution >= 0.6 is 0 Å². The summed E-state index contributed by atoms with van der Waals surface area (Å²) in [6.45, 7) is 35.5. The van der Waals surface area contributed by atoms with Gasteiger partial charge in [-0.15, -0.1) is 0 Å². The van der Waals surface area contributed by atoms with Crippen LogP contribution in [0.15, 0.2) is 36.4 Å². The molecule has 0 spiro atoms. The maximum absolute atomic E-state index is 13.3. The van der Waals surface area contributed by atoms with Crippen LogP contribution in [0.4, 0.5) is 0 Å². The summed E-state index contributed by atoms with van der Waals surface area (Å²) in [5, 5.41) is 21.1. The minimum absolute atomic E-state index is 0.0392. The van der Waals surface area contributed by atoms with Gasteiger partial charge in [-0.25, -0.2) is 0 Å². The molecule has 284 valence electrons. The van der Waals surface area contributed by atoms with Gasteiger partial charge in [0.25, 0.3) is 0 Å². The molecule has 2 aromatic rings. The first-order chi connectivity index (χ1) is 23.0. The quantitative estimate of drug-likeness (QED) is 0.210. The van der Waals surface area contributed by atoms with E-state index in [2.05, 4.69) is 140 Å². The lowest BCUT2D eigenvalue weighted by atomic mass is 9.73. The van der Waals surface area contributed by atoms with Gasteiger partial charge in [-0.1, -0.05) is 113 Å². The lowest BCUT2D eigenvalue weighted by molar-refractivity contribution is -0.148. The van der Waals surface area contributed by atoms with Gasteiger partial charge in [0.05, 0.1) is 12.3 Å². The molecule has 0 aromatic heterocycles. The van der Waals surface area contributed by atoms with Crippen molar-refractivity contribution in [3.05, 3.63) is 58.7 Å². The molecule has 1 heterocycles. The average Bonchev–Trinajstić information content (AvgIpc) is 2.93. The van der Waals surface area contributed by atoms with Crippen LogP contribution in [0.2, 0.25) is 0 Å². The second kappa shape index (κ2) is 15.1. The van der Waals surface area contributed by atoms with E-state index < -0.39 is 0 Å². The van der Waals surface area contributed by atoms with Gasteiger partial charge in [0.2, 0.25) is 0 Å². The molecule has 1 aliphatic rings. The van der Waals surface area contributed by atoms with Crippen molar-refractivity contribution in [1.82, 2.24) is 4.90 Å². The summed E-state index contributed by atoms with van der Waals surface area (Å²) in [6.07, 6.45) is 4.96. The third-order valence-corrected chi connectivity index (χ3v) is 10.6. The van der Waals surface area contributed by atoms with Crippen LogP contribution in [0.1, 0.15) is 164 Å². The summed E-state index contributed by atoms with van der Waals surface area (Å²) in [5.41, 5.74) is 2.81. The Kier molecular flexibility index (Phi) is 12.5. The number of hydrogen-bond acceptors (Lipinski definition) is 6. The fourth-order valence-electron chi connectivity index (χ4n) is 8.00. The maximum Gasteiger partial charge on any atom is 0.306 e. The molecule has 0 saturated carbocycles. The van der Waals surface area contributed by atoms with E-state index in [1.54, 1.807) is 12.1 Å². The molecule has 3 rings (SSSR count). The van der Waals surface area contributed by atoms with Crippen molar-refractivity contribution in [2.75, 3.05) is 13.2 Å². The fraction of sp³-hybridized carbons (Fsp3) is 0.667. The highest BCUT2D eigenvalue weighted by Gasteiger charge is 2.46. The van der Waals surface area contributed by atoms with E-state index in [4.69, 9.17) is 9.47 Å². The molecule has 51 heavy (non-hydrogen) atoms. The summed E-state index contributed by atoms with van der Waals surface area (Å²) in [6, 6.07) is 11.6. The number of phenols is 2. The van der Waals surface area contributed by atoms with Crippen molar-refractivity contribution in [3.63, 3.8) is 0 Å². The number of hydrogen-bond donors (Lipinski definition) is 2. The minimum atomic E-state index is -0.215. The van der Waals surface area contributed by atoms with Crippen LogP contribution in [-0.4, -0.2) is 51.4 Å². The highest BCUT2D eigenvalue weighted by Crippen LogP contribution is 2.43. The number of nitrogens with zero attached hydrogens (tertiary/aromatic N) is 1. The third-order valence-electron chi connectivity index (χ3n) is 10.6. The number of ether oxygens (including phenoxy) is 2. The van der Waals surface area contributed by atoms with Gasteiger partial charge < -0.3 is 19.7 Å². The van der Waals surface area contributed by atoms with Crippen LogP contribution in [0.3, 0.4) is 0 Å². The molecule has 2 N–H and O–H groups in total. The van der Waals surface area contributed by atoms with Crippen molar-refractivity contribution in [1.29, 1.82) is 0 Å². The molecule has 1 fully saturated rings. The Hall–Kier alpha value is -3.17. The van der Waals surface area contributed by atoms with Crippen molar-refractivity contribution in [3.8, 4) is 23.5 Å². The molecule has 6 heteroatoms. The average molecular weight is 704 g/mol. The number of piperidine rings is 1. The van der Waals surface area contributed by atoms with Crippen LogP contribution in [0, 0.1) is 22.9 Å². The summed E-state index contributed by atoms with van der Waals surface area (Å²) in [4.78, 5) is 15.8. The normalized spacial score (nSPS) is 18.4. The Labute approximate surface area is 310 Å². The van der Waals surface area contributed by atoms with Crippen LogP contribution in [-0.2, 0) is 25.1 Å². The zero-order valence-electron chi connectivity index (χ0n) is 34.8. The second-order valence-electron chi connectivity index (χ2n) is 20.4. The Morgan fingerprint density at radius 1 is 0.784 bits per heavy atom. The van der Waals surface area contributed by atoms with Gasteiger partial charge in [0, 0.05) is 30.5 Å². The molecule has 2 atom stereocenters. The van der Waals surface area contributed by atoms with E-state index in [1.165, 1.54) is 0 Å². The predicted molar refractivity (Wildman–Crippen MR) is 210 cm³/mol. The molecule has 1 saturated heterocycles. The van der Waals surface area contributed by atoms with Gasteiger partial charge in [-0.3, -0.25) is 9.69 Å². The van der Waals surface area contributed by atoms with Crippen molar-refractivity contribution in [2.24, 2.45) is 10.8 Å². The summed E-state index contributed by atoms with van der Waals surface area (Å²) in [7, 11) is 0. The number of benzene rings is 2. The monoisotopic (exact) mass is 704 g/mol. The zero-order chi connectivity index (χ0) is 39.0. The summed E-state index contributed by atoms with van der Waals surface area (Å²) in [5.74, 6) is 3.71. The highest BCUT2D eigenvalue weighted by atomic mass is 16.5. The van der Waals surface area contributed by atoms with Gasteiger partial charge in [0.1, 0.15) is 30.3 Å². The second-order valence-corrected chi connectivity index (χ2v) is 20.4. The van der Waals surface area contributed by atoms with Crippen LogP contribution in [0.5, 0.6) is 11.5 Å². The first-order valence-corrected chi connectivity index (χ1v) is 18.8. The van der Waals surface area contributed by atoms with E-state index in [-0.39, 0.29) is 68.8 Å². The lowest BCUT2D eigenvalue weighted by Gasteiger charge is -2.54. The van der Waals surface area contributed by atoms with Gasteiger partial charge >= 0.3 is 5.97 Å². The van der Waals surface area contributed by atoms with Crippen LogP contribution < -0.4 is 0 Å². The molecule has 1 aliphatic heterocycles. The molecular weight excluding hydrogens is 634 g/mol. The summed E-state index contributed by atoms with van der Waals surface area (Å²) < 4.78 is 12.3. The van der Waals surface area contributed by atoms with E-state index in [0.717, 1.165) is 35.1 Å². The minimum Gasteiger partial charge on any atom is -0.508 e. The molecule has 0 radical (unpaired) electrons. The van der Waals surface area contributed by atoms with E-state index in [9.17, 15) is 15.0 Å². The van der Waals surface area contributed by atoms with Crippen molar-refractivity contribution >= 4 is 5.97 Å². The Morgan fingerprint density at radius 2 is 1.25 bits per heavy atom. The number of esters is 1. The lowest BCUT2D eigenvalue weighted by Crippen LogP contribution is -2.62. The molecule has 0 bridgehead atoms. The van der Waals surface area contributed by atoms with E-state index >= 15 is 0 Å². The number of likely N-dealkylation sites (tertiary alicyclic amines) is 1. The summed E-state index contributed by atoms with van der Waals surface area (Å²) >= 11 is 0. The molecular formula is C45H69NO5. The third kappa shape index (κ3) is 10.9. The van der Waals surface area contributed by atoms with Crippen LogP contribution in [0.25, 0.3) is 0 Å². The number of phenolic OH excluding ortho intramolecular Hbond substituents is 2. The van der Waals surface area contributed by atoms with Crippen molar-refractivity contribution in [2.45, 2.75) is 170 Å². The zero-order valence-corrected chi connectivity index (χ0v) is 34.8. The number of rotatable bonds is 8. The van der Waals surface area contributed by atoms with E-state index in [1.807, 2.05) is 12.1 Å². The topological polar surface area (TPSA) is 79.2 Å². The SMILES string of the molecule is CC(C)(C)c1cc(C(C#COC2CC(C)(C)N(CCOC(=O)CC(c3ccc(O)c(C(C)(C)C)c3)C(C)(C)C)C(C)(C)C2)C(C)(C)C)ccc1O. The van der Waals surface area contributed by atoms with Gasteiger partial charge in [-0.2, -0.15) is 0 Å². The molecule has 0 amide bonds. The Morgan fingerprint density at radius 3 is 1.71 bits per heavy atom. The smallest absolute Gasteiger partial charge is 0.306 e. The number of carbonyl (C=O) groups is 1. The maximum atomic E-state index is 13.3. The highest BCUT2D eigenvalue weighted by molar-refractivity contribution is 5.71. The molecule has 2 aromatic carbocycles. The number of carbonyl (C=O) groups excluding carboxylic acids is 1. The van der Waals surface area contributed by atoms with Gasteiger partial charge in [0.15, 0.2) is 0 Å². The number of aromatic hydroxyl groups is 2. The predicted octanol–water partition coefficient (Wildman–Crippen LogP) is 10.6. The largest absolute Gasteiger partial charge is 0.508 e. The van der Waals surface area contributed by atoms with Gasteiger partial charge in [-0.05, 0) is 89.7 Å². The molecule has 0 aliphatic carbocycles. The Balaban J connectivity index is 1.69. The molecule has 2 unspecified atom stereocenters.